The van der Waals surface area contributed by atoms with Crippen LogP contribution in [-0.2, 0) is 22.4 Å². The molecular weight excluding hydrogens is 312 g/mol. The average molecular weight is 328 g/mol. The first-order valence-electron chi connectivity index (χ1n) is 7.25. The van der Waals surface area contributed by atoms with Gasteiger partial charge in [-0.15, -0.1) is 0 Å². The molecule has 0 heterocycles. The Morgan fingerprint density at radius 1 is 1.04 bits per heavy atom. The molecule has 0 unspecified atom stereocenters. The highest BCUT2D eigenvalue weighted by molar-refractivity contribution is 5.85. The van der Waals surface area contributed by atoms with Crippen LogP contribution in [0, 0.1) is 10.1 Å². The monoisotopic (exact) mass is 328 g/mol. The molecule has 7 heteroatoms. The highest BCUT2D eigenvalue weighted by Crippen LogP contribution is 2.12. The number of carboxylic acid groups (broad SMARTS) is 1. The Kier molecular flexibility index (Phi) is 5.62. The smallest absolute Gasteiger partial charge is 0.326 e. The molecule has 0 spiro atoms. The maximum absolute atomic E-state index is 12.0. The molecule has 0 saturated carbocycles. The summed E-state index contributed by atoms with van der Waals surface area (Å²) in [5, 5.41) is 22.3. The van der Waals surface area contributed by atoms with Crippen molar-refractivity contribution in [3.05, 3.63) is 75.8 Å². The van der Waals surface area contributed by atoms with Gasteiger partial charge in [-0.25, -0.2) is 4.79 Å². The van der Waals surface area contributed by atoms with Crippen LogP contribution in [0.1, 0.15) is 11.1 Å². The summed E-state index contributed by atoms with van der Waals surface area (Å²) in [5.41, 5.74) is 1.31. The maximum Gasteiger partial charge on any atom is 0.326 e. The average Bonchev–Trinajstić information content (AvgIpc) is 2.55. The lowest BCUT2D eigenvalue weighted by molar-refractivity contribution is -0.384. The van der Waals surface area contributed by atoms with E-state index in [0.29, 0.717) is 5.56 Å². The molecule has 0 radical (unpaired) electrons. The van der Waals surface area contributed by atoms with Crippen LogP contribution in [0.5, 0.6) is 0 Å². The van der Waals surface area contributed by atoms with Gasteiger partial charge in [0.25, 0.3) is 5.69 Å². The minimum absolute atomic E-state index is 0.0451. The van der Waals surface area contributed by atoms with Crippen molar-refractivity contribution in [1.29, 1.82) is 0 Å². The van der Waals surface area contributed by atoms with Gasteiger partial charge in [0.1, 0.15) is 6.04 Å². The second-order valence-electron chi connectivity index (χ2n) is 5.25. The topological polar surface area (TPSA) is 110 Å². The van der Waals surface area contributed by atoms with Gasteiger partial charge in [-0.3, -0.25) is 14.9 Å². The van der Waals surface area contributed by atoms with Crippen molar-refractivity contribution in [3.63, 3.8) is 0 Å². The molecule has 0 fully saturated rings. The summed E-state index contributed by atoms with van der Waals surface area (Å²) in [7, 11) is 0. The van der Waals surface area contributed by atoms with Crippen LogP contribution in [-0.4, -0.2) is 27.9 Å². The van der Waals surface area contributed by atoms with Gasteiger partial charge >= 0.3 is 5.97 Å². The third kappa shape index (κ3) is 4.91. The van der Waals surface area contributed by atoms with Crippen molar-refractivity contribution in [1.82, 2.24) is 5.32 Å². The molecule has 2 N–H and O–H groups in total. The van der Waals surface area contributed by atoms with E-state index < -0.39 is 22.8 Å². The fraction of sp³-hybridized carbons (Fsp3) is 0.176. The summed E-state index contributed by atoms with van der Waals surface area (Å²) in [4.78, 5) is 33.4. The van der Waals surface area contributed by atoms with Gasteiger partial charge in [0.05, 0.1) is 11.3 Å². The van der Waals surface area contributed by atoms with Gasteiger partial charge in [-0.1, -0.05) is 42.5 Å². The van der Waals surface area contributed by atoms with Gasteiger partial charge in [0.15, 0.2) is 0 Å². The first kappa shape index (κ1) is 17.1. The van der Waals surface area contributed by atoms with Gasteiger partial charge in [-0.2, -0.15) is 0 Å². The molecule has 0 aromatic heterocycles. The van der Waals surface area contributed by atoms with E-state index in [0.717, 1.165) is 5.56 Å². The molecule has 0 aliphatic heterocycles. The van der Waals surface area contributed by atoms with E-state index in [-0.39, 0.29) is 18.5 Å². The molecule has 0 bridgehead atoms. The van der Waals surface area contributed by atoms with Crippen LogP contribution in [0.3, 0.4) is 0 Å². The minimum Gasteiger partial charge on any atom is -0.480 e. The molecule has 0 aliphatic carbocycles. The van der Waals surface area contributed by atoms with Crippen LogP contribution >= 0.6 is 0 Å². The number of nitrogens with zero attached hydrogens (tertiary/aromatic N) is 1. The zero-order valence-electron chi connectivity index (χ0n) is 12.7. The second-order valence-corrected chi connectivity index (χ2v) is 5.25. The lowest BCUT2D eigenvalue weighted by Gasteiger charge is -2.14. The molecule has 2 rings (SSSR count). The molecule has 24 heavy (non-hydrogen) atoms. The Morgan fingerprint density at radius 2 is 1.67 bits per heavy atom. The van der Waals surface area contributed by atoms with E-state index in [2.05, 4.69) is 5.32 Å². The molecule has 0 aliphatic rings. The number of hydrogen-bond donors (Lipinski definition) is 2. The lowest BCUT2D eigenvalue weighted by Crippen LogP contribution is -2.43. The summed E-state index contributed by atoms with van der Waals surface area (Å²) < 4.78 is 0. The van der Waals surface area contributed by atoms with E-state index in [4.69, 9.17) is 0 Å². The van der Waals surface area contributed by atoms with Crippen molar-refractivity contribution in [2.24, 2.45) is 0 Å². The Bertz CT molecular complexity index is 728. The van der Waals surface area contributed by atoms with E-state index in [1.54, 1.807) is 24.3 Å². The first-order valence-corrected chi connectivity index (χ1v) is 7.25. The molecule has 2 aromatic rings. The normalized spacial score (nSPS) is 11.5. The van der Waals surface area contributed by atoms with Crippen LogP contribution < -0.4 is 5.32 Å². The number of carboxylic acids is 1. The van der Waals surface area contributed by atoms with Crippen LogP contribution in [0.25, 0.3) is 0 Å². The number of carbonyl (C=O) groups excluding carboxylic acids is 1. The van der Waals surface area contributed by atoms with Crippen molar-refractivity contribution in [3.8, 4) is 0 Å². The van der Waals surface area contributed by atoms with E-state index in [9.17, 15) is 24.8 Å². The van der Waals surface area contributed by atoms with E-state index >= 15 is 0 Å². The minimum atomic E-state index is -1.11. The summed E-state index contributed by atoms with van der Waals surface area (Å²) >= 11 is 0. The van der Waals surface area contributed by atoms with Crippen molar-refractivity contribution < 1.29 is 19.6 Å². The Balaban J connectivity index is 1.97. The van der Waals surface area contributed by atoms with Crippen LogP contribution in [0.2, 0.25) is 0 Å². The summed E-state index contributed by atoms with van der Waals surface area (Å²) in [6.45, 7) is 0. The number of aliphatic carboxylic acids is 1. The molecular formula is C17H16N2O5. The Hall–Kier alpha value is -3.22. The zero-order chi connectivity index (χ0) is 17.5. The number of amides is 1. The van der Waals surface area contributed by atoms with Gasteiger partial charge in [0, 0.05) is 18.6 Å². The van der Waals surface area contributed by atoms with Crippen molar-refractivity contribution >= 4 is 17.6 Å². The van der Waals surface area contributed by atoms with E-state index in [1.165, 1.54) is 24.3 Å². The quantitative estimate of drug-likeness (QED) is 0.596. The number of non-ortho nitro benzene ring substituents is 1. The van der Waals surface area contributed by atoms with Gasteiger partial charge in [-0.05, 0) is 11.1 Å². The molecule has 124 valence electrons. The number of nitro groups is 1. The maximum atomic E-state index is 12.0. The standard InChI is InChI=1S/C17H16N2O5/c20-16(11-13-6-8-14(9-7-13)19(23)24)18-15(17(21)22)10-12-4-2-1-3-5-12/h1-9,15H,10-11H2,(H,18,20)(H,21,22)/t15-/m1/s1. The van der Waals surface area contributed by atoms with E-state index in [1.807, 2.05) is 6.07 Å². The SMILES string of the molecule is O=C(Cc1ccc([N+](=O)[O-])cc1)N[C@H](Cc1ccccc1)C(=O)O. The van der Waals surface area contributed by atoms with Gasteiger partial charge in [0.2, 0.25) is 5.91 Å². The van der Waals surface area contributed by atoms with Crippen LogP contribution in [0.4, 0.5) is 5.69 Å². The molecule has 1 atom stereocenters. The number of benzene rings is 2. The summed E-state index contributed by atoms with van der Waals surface area (Å²) in [6, 6.07) is 13.5. The fourth-order valence-corrected chi connectivity index (χ4v) is 2.22. The first-order chi connectivity index (χ1) is 11.5. The Labute approximate surface area is 138 Å². The third-order valence-electron chi connectivity index (χ3n) is 3.43. The predicted molar refractivity (Wildman–Crippen MR) is 86.5 cm³/mol. The Morgan fingerprint density at radius 3 is 2.21 bits per heavy atom. The third-order valence-corrected chi connectivity index (χ3v) is 3.43. The highest BCUT2D eigenvalue weighted by atomic mass is 16.6. The van der Waals surface area contributed by atoms with Crippen molar-refractivity contribution in [2.75, 3.05) is 0 Å². The van der Waals surface area contributed by atoms with Gasteiger partial charge < -0.3 is 10.4 Å². The second kappa shape index (κ2) is 7.87. The molecule has 1 amide bonds. The molecule has 0 saturated heterocycles. The predicted octanol–water partition coefficient (Wildman–Crippen LogP) is 1.95. The number of hydrogen-bond acceptors (Lipinski definition) is 4. The number of nitrogens with one attached hydrogen (secondary N) is 1. The van der Waals surface area contributed by atoms with Crippen molar-refractivity contribution in [2.45, 2.75) is 18.9 Å². The summed E-state index contributed by atoms with van der Waals surface area (Å²) in [6.07, 6.45) is 0.138. The van der Waals surface area contributed by atoms with Crippen LogP contribution in [0.15, 0.2) is 54.6 Å². The number of carbonyl (C=O) groups is 2. The number of rotatable bonds is 7. The molecule has 7 nitrogen and oxygen atoms in total. The fourth-order valence-electron chi connectivity index (χ4n) is 2.22. The molecule has 2 aromatic carbocycles. The zero-order valence-corrected chi connectivity index (χ0v) is 12.7. The number of nitro benzene ring substituents is 1. The highest BCUT2D eigenvalue weighted by Gasteiger charge is 2.20. The lowest BCUT2D eigenvalue weighted by atomic mass is 10.1. The largest absolute Gasteiger partial charge is 0.480 e. The summed E-state index contributed by atoms with van der Waals surface area (Å²) in [5.74, 6) is -1.57.